The number of alkyl halides is 3. The predicted octanol–water partition coefficient (Wildman–Crippen LogP) is 4.62. The molecule has 0 spiro atoms. The van der Waals surface area contributed by atoms with Crippen LogP contribution < -0.4 is 15.0 Å². The molecule has 6 nitrogen and oxygen atoms in total. The zero-order valence-corrected chi connectivity index (χ0v) is 19.0. The van der Waals surface area contributed by atoms with Gasteiger partial charge in [-0.25, -0.2) is 0 Å². The number of hydrogen-bond acceptors (Lipinski definition) is 4. The number of piperazine rings is 1. The highest BCUT2D eigenvalue weighted by molar-refractivity contribution is 6.76. The average molecular weight is 491 g/mol. The Hall–Kier alpha value is -1.86. The van der Waals surface area contributed by atoms with E-state index in [4.69, 9.17) is 51.1 Å². The Kier molecular flexibility index (Phi) is 7.24. The highest BCUT2D eigenvalue weighted by Gasteiger charge is 2.30. The minimum absolute atomic E-state index is 0.112. The first-order valence-corrected chi connectivity index (χ1v) is 10.6. The number of amides is 2. The standard InChI is InChI=1S/C20H19Cl4N3O3/c1-30-17-7-2-13(21)12-16(17)18(28)27-10-8-26(9-11-27)15-5-3-14(4-6-15)25-19(29)20(22,23)24/h2-7,12H,8-11H2,1H3,(H,25,29). The van der Waals surface area contributed by atoms with Gasteiger partial charge in [-0.15, -0.1) is 0 Å². The van der Waals surface area contributed by atoms with Crippen LogP contribution in [0.2, 0.25) is 5.02 Å². The van der Waals surface area contributed by atoms with Crippen molar-refractivity contribution >= 4 is 69.6 Å². The number of carbonyl (C=O) groups is 2. The van der Waals surface area contributed by atoms with Gasteiger partial charge in [0.1, 0.15) is 5.75 Å². The van der Waals surface area contributed by atoms with Gasteiger partial charge in [-0.05, 0) is 42.5 Å². The highest BCUT2D eigenvalue weighted by atomic mass is 35.6. The molecule has 2 aromatic rings. The van der Waals surface area contributed by atoms with E-state index >= 15 is 0 Å². The minimum atomic E-state index is -2.02. The molecule has 0 radical (unpaired) electrons. The van der Waals surface area contributed by atoms with Gasteiger partial charge in [-0.1, -0.05) is 46.4 Å². The Morgan fingerprint density at radius 3 is 2.20 bits per heavy atom. The molecule has 1 fully saturated rings. The zero-order chi connectivity index (χ0) is 21.9. The monoisotopic (exact) mass is 489 g/mol. The van der Waals surface area contributed by atoms with E-state index in [0.717, 1.165) is 5.69 Å². The van der Waals surface area contributed by atoms with E-state index in [1.807, 2.05) is 12.1 Å². The molecule has 0 aliphatic carbocycles. The van der Waals surface area contributed by atoms with E-state index in [0.29, 0.717) is 48.2 Å². The molecule has 0 atom stereocenters. The second-order valence-corrected chi connectivity index (χ2v) is 9.34. The molecule has 30 heavy (non-hydrogen) atoms. The molecular formula is C20H19Cl4N3O3. The summed E-state index contributed by atoms with van der Waals surface area (Å²) in [6.07, 6.45) is 0. The molecule has 10 heteroatoms. The lowest BCUT2D eigenvalue weighted by atomic mass is 10.1. The summed E-state index contributed by atoms with van der Waals surface area (Å²) in [7, 11) is 1.53. The highest BCUT2D eigenvalue weighted by Crippen LogP contribution is 2.29. The maximum absolute atomic E-state index is 12.9. The van der Waals surface area contributed by atoms with Crippen LogP contribution in [0.3, 0.4) is 0 Å². The fourth-order valence-corrected chi connectivity index (χ4v) is 3.46. The number of methoxy groups -OCH3 is 1. The maximum atomic E-state index is 12.9. The van der Waals surface area contributed by atoms with Crippen molar-refractivity contribution in [3.05, 3.63) is 53.1 Å². The summed E-state index contributed by atoms with van der Waals surface area (Å²) in [5, 5.41) is 3.02. The summed E-state index contributed by atoms with van der Waals surface area (Å²) in [5.41, 5.74) is 1.94. The summed E-state index contributed by atoms with van der Waals surface area (Å²) < 4.78 is 3.27. The number of benzene rings is 2. The molecule has 1 aliphatic rings. The summed E-state index contributed by atoms with van der Waals surface area (Å²) >= 11 is 22.7. The molecule has 2 aromatic carbocycles. The van der Waals surface area contributed by atoms with Crippen LogP contribution in [0.25, 0.3) is 0 Å². The number of nitrogens with zero attached hydrogens (tertiary/aromatic N) is 2. The van der Waals surface area contributed by atoms with Gasteiger partial charge >= 0.3 is 0 Å². The van der Waals surface area contributed by atoms with Gasteiger partial charge in [0.25, 0.3) is 15.6 Å². The van der Waals surface area contributed by atoms with Crippen LogP contribution >= 0.6 is 46.4 Å². The molecule has 0 bridgehead atoms. The Morgan fingerprint density at radius 1 is 1.00 bits per heavy atom. The maximum Gasteiger partial charge on any atom is 0.276 e. The third-order valence-corrected chi connectivity index (χ3v) is 5.46. The van der Waals surface area contributed by atoms with Crippen molar-refractivity contribution in [2.45, 2.75) is 3.79 Å². The average Bonchev–Trinajstić information content (AvgIpc) is 2.73. The van der Waals surface area contributed by atoms with Gasteiger partial charge in [0.15, 0.2) is 0 Å². The summed E-state index contributed by atoms with van der Waals surface area (Å²) in [6.45, 7) is 2.43. The van der Waals surface area contributed by atoms with Gasteiger partial charge in [0.2, 0.25) is 0 Å². The number of halogens is 4. The fourth-order valence-electron chi connectivity index (χ4n) is 3.14. The van der Waals surface area contributed by atoms with Gasteiger partial charge in [-0.2, -0.15) is 0 Å². The first kappa shape index (κ1) is 22.8. The van der Waals surface area contributed by atoms with Crippen LogP contribution in [0, 0.1) is 0 Å². The third kappa shape index (κ3) is 5.43. The van der Waals surface area contributed by atoms with E-state index < -0.39 is 9.70 Å². The van der Waals surface area contributed by atoms with Crippen LogP contribution in [0.4, 0.5) is 11.4 Å². The fraction of sp³-hybridized carbons (Fsp3) is 0.300. The van der Waals surface area contributed by atoms with E-state index in [-0.39, 0.29) is 5.91 Å². The predicted molar refractivity (Wildman–Crippen MR) is 121 cm³/mol. The largest absolute Gasteiger partial charge is 0.496 e. The lowest BCUT2D eigenvalue weighted by molar-refractivity contribution is -0.115. The Bertz CT molecular complexity index is 924. The SMILES string of the molecule is COc1ccc(Cl)cc1C(=O)N1CCN(c2ccc(NC(=O)C(Cl)(Cl)Cl)cc2)CC1. The van der Waals surface area contributed by atoms with Gasteiger partial charge in [0.05, 0.1) is 12.7 Å². The number of nitrogens with one attached hydrogen (secondary N) is 1. The number of rotatable bonds is 4. The molecule has 160 valence electrons. The van der Waals surface area contributed by atoms with Crippen LogP contribution in [-0.2, 0) is 4.79 Å². The summed E-state index contributed by atoms with van der Waals surface area (Å²) in [4.78, 5) is 28.6. The van der Waals surface area contributed by atoms with Crippen molar-refractivity contribution in [2.24, 2.45) is 0 Å². The van der Waals surface area contributed by atoms with Crippen molar-refractivity contribution in [3.63, 3.8) is 0 Å². The van der Waals surface area contributed by atoms with Crippen molar-refractivity contribution in [2.75, 3.05) is 43.5 Å². The summed E-state index contributed by atoms with van der Waals surface area (Å²) in [5.74, 6) is -0.332. The molecular weight excluding hydrogens is 472 g/mol. The molecule has 3 rings (SSSR count). The topological polar surface area (TPSA) is 61.9 Å². The van der Waals surface area contributed by atoms with E-state index in [1.165, 1.54) is 7.11 Å². The normalized spacial score (nSPS) is 14.4. The van der Waals surface area contributed by atoms with E-state index in [1.54, 1.807) is 35.2 Å². The first-order chi connectivity index (χ1) is 14.2. The van der Waals surface area contributed by atoms with Gasteiger partial charge in [-0.3, -0.25) is 9.59 Å². The molecule has 0 saturated carbocycles. The lowest BCUT2D eigenvalue weighted by Crippen LogP contribution is -2.48. The number of ether oxygens (including phenoxy) is 1. The molecule has 0 aromatic heterocycles. The number of anilines is 2. The second kappa shape index (κ2) is 9.52. The van der Waals surface area contributed by atoms with E-state index in [2.05, 4.69) is 10.2 Å². The Labute approximate surface area is 194 Å². The summed E-state index contributed by atoms with van der Waals surface area (Å²) in [6, 6.07) is 12.2. The smallest absolute Gasteiger partial charge is 0.276 e. The minimum Gasteiger partial charge on any atom is -0.496 e. The van der Waals surface area contributed by atoms with Gasteiger partial charge in [0, 0.05) is 42.6 Å². The Morgan fingerprint density at radius 2 is 1.63 bits per heavy atom. The van der Waals surface area contributed by atoms with Crippen molar-refractivity contribution < 1.29 is 14.3 Å². The molecule has 1 aliphatic heterocycles. The van der Waals surface area contributed by atoms with Crippen molar-refractivity contribution in [3.8, 4) is 5.75 Å². The zero-order valence-electron chi connectivity index (χ0n) is 16.0. The number of hydrogen-bond donors (Lipinski definition) is 1. The van der Waals surface area contributed by atoms with Crippen molar-refractivity contribution in [1.29, 1.82) is 0 Å². The molecule has 1 N–H and O–H groups in total. The number of carbonyl (C=O) groups excluding carboxylic acids is 2. The first-order valence-electron chi connectivity index (χ1n) is 9.05. The molecule has 2 amide bonds. The van der Waals surface area contributed by atoms with Crippen LogP contribution in [0.5, 0.6) is 5.75 Å². The van der Waals surface area contributed by atoms with Crippen LogP contribution in [0.15, 0.2) is 42.5 Å². The molecule has 0 unspecified atom stereocenters. The lowest BCUT2D eigenvalue weighted by Gasteiger charge is -2.36. The molecule has 1 saturated heterocycles. The quantitative estimate of drug-likeness (QED) is 0.635. The van der Waals surface area contributed by atoms with Gasteiger partial charge < -0.3 is 19.9 Å². The van der Waals surface area contributed by atoms with Crippen LogP contribution in [-0.4, -0.2) is 53.8 Å². The second-order valence-electron chi connectivity index (χ2n) is 6.62. The third-order valence-electron chi connectivity index (χ3n) is 4.71. The van der Waals surface area contributed by atoms with Crippen LogP contribution in [0.1, 0.15) is 10.4 Å². The van der Waals surface area contributed by atoms with E-state index in [9.17, 15) is 9.59 Å². The Balaban J connectivity index is 1.61. The van der Waals surface area contributed by atoms with Crippen molar-refractivity contribution in [1.82, 2.24) is 4.90 Å². The molecule has 1 heterocycles.